The van der Waals surface area contributed by atoms with Gasteiger partial charge in [-0.1, -0.05) is 162 Å². The van der Waals surface area contributed by atoms with Crippen LogP contribution in [-0.2, 0) is 14.3 Å². The van der Waals surface area contributed by atoms with Gasteiger partial charge < -0.3 is 14.6 Å². The number of hydrogen-bond donors (Lipinski definition) is 1. The molecule has 0 aliphatic heterocycles. The average molecular weight is 727 g/mol. The molecule has 0 amide bonds. The molecule has 3 fully saturated rings. The molecule has 0 aromatic carbocycles. The van der Waals surface area contributed by atoms with E-state index in [4.69, 9.17) is 9.47 Å². The number of unbranched alkanes of at least 4 members (excludes halogenated alkanes) is 14. The topological polar surface area (TPSA) is 55.8 Å². The number of hydrogen-bond acceptors (Lipinski definition) is 4. The third-order valence-corrected chi connectivity index (χ3v) is 15.3. The van der Waals surface area contributed by atoms with Gasteiger partial charge in [0.25, 0.3) is 0 Å². The first-order valence-corrected chi connectivity index (χ1v) is 23.2. The molecular weight excluding hydrogens is 641 g/mol. The summed E-state index contributed by atoms with van der Waals surface area (Å²) in [5.41, 5.74) is 2.47. The summed E-state index contributed by atoms with van der Waals surface area (Å²) < 4.78 is 12.1. The lowest BCUT2D eigenvalue weighted by molar-refractivity contribution is -0.157. The van der Waals surface area contributed by atoms with Gasteiger partial charge in [-0.05, 0) is 104 Å². The van der Waals surface area contributed by atoms with E-state index >= 15 is 0 Å². The van der Waals surface area contributed by atoms with Crippen molar-refractivity contribution in [3.63, 3.8) is 0 Å². The van der Waals surface area contributed by atoms with Crippen LogP contribution in [-0.4, -0.2) is 36.5 Å². The fraction of sp³-hybridized carbons (Fsp3) is 0.938. The van der Waals surface area contributed by atoms with Crippen molar-refractivity contribution < 1.29 is 19.4 Å². The summed E-state index contributed by atoms with van der Waals surface area (Å²) in [6.45, 7) is 15.0. The van der Waals surface area contributed by atoms with E-state index in [9.17, 15) is 9.90 Å². The van der Waals surface area contributed by atoms with Crippen molar-refractivity contribution >= 4 is 5.97 Å². The molecule has 5 unspecified atom stereocenters. The molecule has 52 heavy (non-hydrogen) atoms. The third-order valence-electron chi connectivity index (χ3n) is 15.3. The van der Waals surface area contributed by atoms with E-state index in [2.05, 4.69) is 47.6 Å². The zero-order valence-electron chi connectivity index (χ0n) is 35.4. The van der Waals surface area contributed by atoms with Crippen LogP contribution in [0.15, 0.2) is 11.6 Å². The Hall–Kier alpha value is -0.870. The molecule has 0 aromatic rings. The summed E-state index contributed by atoms with van der Waals surface area (Å²) in [4.78, 5) is 12.6. The number of ether oxygens (including phenoxy) is 2. The highest BCUT2D eigenvalue weighted by Crippen LogP contribution is 2.67. The minimum absolute atomic E-state index is 0.163. The highest BCUT2D eigenvalue weighted by molar-refractivity contribution is 5.69. The van der Waals surface area contributed by atoms with Crippen LogP contribution in [0.2, 0.25) is 0 Å². The summed E-state index contributed by atoms with van der Waals surface area (Å²) in [5.74, 6) is 4.96. The minimum atomic E-state index is -0.555. The lowest BCUT2D eigenvalue weighted by Crippen LogP contribution is -2.51. The predicted molar refractivity (Wildman–Crippen MR) is 219 cm³/mol. The molecule has 0 bridgehead atoms. The maximum absolute atomic E-state index is 12.6. The molecule has 0 radical (unpaired) electrons. The molecule has 4 aliphatic rings. The van der Waals surface area contributed by atoms with Crippen LogP contribution in [0.1, 0.15) is 215 Å². The first kappa shape index (κ1) is 43.9. The van der Waals surface area contributed by atoms with Crippen LogP contribution in [0.3, 0.4) is 0 Å². The van der Waals surface area contributed by atoms with Gasteiger partial charge in [-0.15, -0.1) is 0 Å². The molecule has 0 spiro atoms. The SMILES string of the molecule is CCCCCCCCCCCCCCCCCC(=O)OC(CO)COC1CC[C@@]2(C)C(=CCC3C2CC[C@@]2(C)C3CC[C@@H]2[C@H](C)CCCC(C)C)C1. The van der Waals surface area contributed by atoms with E-state index in [1.165, 1.54) is 141 Å². The highest BCUT2D eigenvalue weighted by atomic mass is 16.6. The van der Waals surface area contributed by atoms with E-state index < -0.39 is 6.10 Å². The number of aliphatic hydroxyl groups excluding tert-OH is 1. The van der Waals surface area contributed by atoms with Gasteiger partial charge in [0.1, 0.15) is 6.10 Å². The Kier molecular flexibility index (Phi) is 19.1. The number of esters is 1. The molecule has 302 valence electrons. The summed E-state index contributed by atoms with van der Waals surface area (Å²) in [6.07, 6.45) is 36.9. The van der Waals surface area contributed by atoms with E-state index in [1.54, 1.807) is 5.57 Å². The van der Waals surface area contributed by atoms with Crippen molar-refractivity contribution in [3.05, 3.63) is 11.6 Å². The highest BCUT2D eigenvalue weighted by Gasteiger charge is 2.59. The summed E-state index contributed by atoms with van der Waals surface area (Å²) in [7, 11) is 0. The van der Waals surface area contributed by atoms with Crippen LogP contribution >= 0.6 is 0 Å². The van der Waals surface area contributed by atoms with E-state index in [0.717, 1.165) is 61.2 Å². The molecule has 0 heterocycles. The maximum Gasteiger partial charge on any atom is 0.306 e. The molecule has 9 atom stereocenters. The quantitative estimate of drug-likeness (QED) is 0.0548. The van der Waals surface area contributed by atoms with Crippen LogP contribution in [0.25, 0.3) is 0 Å². The third kappa shape index (κ3) is 12.6. The second-order valence-electron chi connectivity index (χ2n) is 19.5. The Morgan fingerprint density at radius 2 is 1.42 bits per heavy atom. The van der Waals surface area contributed by atoms with E-state index in [-0.39, 0.29) is 18.7 Å². The van der Waals surface area contributed by atoms with Crippen LogP contribution in [0.5, 0.6) is 0 Å². The molecule has 3 saturated carbocycles. The molecule has 0 aromatic heterocycles. The van der Waals surface area contributed by atoms with Crippen molar-refractivity contribution in [2.75, 3.05) is 13.2 Å². The monoisotopic (exact) mass is 727 g/mol. The Bertz CT molecular complexity index is 1040. The minimum Gasteiger partial charge on any atom is -0.457 e. The van der Waals surface area contributed by atoms with Crippen molar-refractivity contribution in [2.24, 2.45) is 46.3 Å². The number of carbonyl (C=O) groups excluding carboxylic acids is 1. The number of carbonyl (C=O) groups is 1. The van der Waals surface area contributed by atoms with E-state index in [1.807, 2.05) is 0 Å². The molecule has 1 N–H and O–H groups in total. The van der Waals surface area contributed by atoms with E-state index in [0.29, 0.717) is 23.9 Å². The summed E-state index contributed by atoms with van der Waals surface area (Å²) >= 11 is 0. The van der Waals surface area contributed by atoms with Gasteiger partial charge in [0.15, 0.2) is 0 Å². The average Bonchev–Trinajstić information content (AvgIpc) is 3.48. The lowest BCUT2D eigenvalue weighted by Gasteiger charge is -2.58. The van der Waals surface area contributed by atoms with Gasteiger partial charge in [0.05, 0.1) is 19.3 Å². The van der Waals surface area contributed by atoms with Crippen molar-refractivity contribution in [3.8, 4) is 0 Å². The lowest BCUT2D eigenvalue weighted by atomic mass is 9.47. The zero-order valence-corrected chi connectivity index (χ0v) is 35.4. The number of rotatable bonds is 26. The smallest absolute Gasteiger partial charge is 0.306 e. The molecule has 4 heteroatoms. The standard InChI is InChI=1S/C48H86O4/c1-7-8-9-10-11-12-13-14-15-16-17-18-19-20-21-25-46(50)52-41(35-49)36-51-40-30-32-47(5)39(34-40)26-27-42-44-29-28-43(38(4)24-22-23-37(2)3)48(44,6)33-31-45(42)47/h26,37-38,40-45,49H,7-25,27-36H2,1-6H3/t38-,40?,41?,42?,43-,44?,45?,47+,48-/m1/s1. The van der Waals surface area contributed by atoms with Crippen LogP contribution in [0, 0.1) is 46.3 Å². The fourth-order valence-corrected chi connectivity index (χ4v) is 12.0. The molecule has 4 aliphatic carbocycles. The predicted octanol–water partition coefficient (Wildman–Crippen LogP) is 13.6. The molecule has 4 nitrogen and oxygen atoms in total. The van der Waals surface area contributed by atoms with Crippen molar-refractivity contribution in [1.29, 1.82) is 0 Å². The van der Waals surface area contributed by atoms with Crippen LogP contribution in [0.4, 0.5) is 0 Å². The van der Waals surface area contributed by atoms with Gasteiger partial charge >= 0.3 is 5.97 Å². The fourth-order valence-electron chi connectivity index (χ4n) is 12.0. The second kappa shape index (κ2) is 22.6. The Morgan fingerprint density at radius 1 is 0.788 bits per heavy atom. The number of fused-ring (bicyclic) bond motifs is 5. The van der Waals surface area contributed by atoms with Crippen molar-refractivity contribution in [1.82, 2.24) is 0 Å². The summed E-state index contributed by atoms with van der Waals surface area (Å²) in [5, 5.41) is 10.0. The van der Waals surface area contributed by atoms with Gasteiger partial charge in [0, 0.05) is 6.42 Å². The normalized spacial score (nSPS) is 31.1. The van der Waals surface area contributed by atoms with Gasteiger partial charge in [-0.2, -0.15) is 0 Å². The first-order valence-electron chi connectivity index (χ1n) is 23.2. The Morgan fingerprint density at radius 3 is 2.04 bits per heavy atom. The summed E-state index contributed by atoms with van der Waals surface area (Å²) in [6, 6.07) is 0. The Balaban J connectivity index is 1.09. The first-order chi connectivity index (χ1) is 25.1. The van der Waals surface area contributed by atoms with Gasteiger partial charge in [0.2, 0.25) is 0 Å². The largest absolute Gasteiger partial charge is 0.457 e. The molecular formula is C48H86O4. The maximum atomic E-state index is 12.6. The number of allylic oxidation sites excluding steroid dienone is 1. The second-order valence-corrected chi connectivity index (χ2v) is 19.5. The molecule has 4 rings (SSSR count). The van der Waals surface area contributed by atoms with Gasteiger partial charge in [-0.3, -0.25) is 4.79 Å². The van der Waals surface area contributed by atoms with Crippen LogP contribution < -0.4 is 0 Å². The van der Waals surface area contributed by atoms with Crippen molar-refractivity contribution in [2.45, 2.75) is 227 Å². The molecule has 0 saturated heterocycles. The number of aliphatic hydroxyl groups is 1. The Labute approximate surface area is 322 Å². The van der Waals surface area contributed by atoms with Gasteiger partial charge in [-0.25, -0.2) is 0 Å². The zero-order chi connectivity index (χ0) is 37.4.